The molecule has 0 atom stereocenters. The first-order chi connectivity index (χ1) is 2.91. The fraction of sp³-hybridized carbons (Fsp3) is 0.333. The second-order valence-electron chi connectivity index (χ2n) is 0.887. The third-order valence-corrected chi connectivity index (χ3v) is 0.391. The van der Waals surface area contributed by atoms with Crippen molar-refractivity contribution < 1.29 is 0 Å². The van der Waals surface area contributed by atoms with Crippen LogP contribution in [0.25, 0.3) is 0 Å². The largest absolute Gasteiger partial charge is 0.106 e. The highest BCUT2D eigenvalue weighted by molar-refractivity contribution is 5.07. The molecule has 0 heteroatoms. The summed E-state index contributed by atoms with van der Waals surface area (Å²) in [7, 11) is 0. The molecule has 0 unspecified atom stereocenters. The minimum atomic E-state index is 0.806. The first-order valence-electron chi connectivity index (χ1n) is 1.95. The molecule has 0 saturated heterocycles. The molecule has 0 spiro atoms. The van der Waals surface area contributed by atoms with Gasteiger partial charge in [-0.05, 0) is 13.3 Å². The van der Waals surface area contributed by atoms with Crippen LogP contribution in [-0.4, -0.2) is 0 Å². The number of rotatable bonds is 1. The second-order valence-corrected chi connectivity index (χ2v) is 0.887. The maximum atomic E-state index is 3.57. The highest BCUT2D eigenvalue weighted by Gasteiger charge is 1.64. The van der Waals surface area contributed by atoms with Crippen molar-refractivity contribution in [3.63, 3.8) is 0 Å². The molecular formula is C6H8. The average molecular weight is 80.1 g/mol. The molecule has 0 saturated carbocycles. The van der Waals surface area contributed by atoms with E-state index in [1.54, 1.807) is 0 Å². The average Bonchev–Trinajstić information content (AvgIpc) is 1.61. The topological polar surface area (TPSA) is 0 Å². The molecule has 0 aliphatic heterocycles. The smallest absolute Gasteiger partial charge is 0.0340 e. The van der Waals surface area contributed by atoms with Gasteiger partial charge < -0.3 is 0 Å². The molecule has 0 aliphatic carbocycles. The minimum Gasteiger partial charge on any atom is -0.106 e. The summed E-state index contributed by atoms with van der Waals surface area (Å²) in [6, 6.07) is 0. The van der Waals surface area contributed by atoms with Crippen molar-refractivity contribution in [3.05, 3.63) is 13.3 Å². The Hall–Kier alpha value is -0.440. The van der Waals surface area contributed by atoms with Crippen LogP contribution in [0.2, 0.25) is 0 Å². The van der Waals surface area contributed by atoms with Crippen molar-refractivity contribution >= 4 is 0 Å². The fourth-order valence-corrected chi connectivity index (χ4v) is 0.174. The van der Waals surface area contributed by atoms with Gasteiger partial charge in [-0.25, -0.2) is 0 Å². The Bertz CT molecular complexity index is 61.8. The van der Waals surface area contributed by atoms with E-state index in [1.165, 1.54) is 0 Å². The van der Waals surface area contributed by atoms with E-state index in [0.29, 0.717) is 0 Å². The summed E-state index contributed by atoms with van der Waals surface area (Å²) in [4.78, 5) is 0. The van der Waals surface area contributed by atoms with Crippen molar-refractivity contribution in [3.8, 4) is 11.8 Å². The predicted molar refractivity (Wildman–Crippen MR) is 27.7 cm³/mol. The van der Waals surface area contributed by atoms with Crippen molar-refractivity contribution in [2.45, 2.75) is 13.3 Å². The Labute approximate surface area is 39.6 Å². The third-order valence-electron chi connectivity index (χ3n) is 0.391. The van der Waals surface area contributed by atoms with Crippen molar-refractivity contribution in [2.24, 2.45) is 0 Å². The lowest BCUT2D eigenvalue weighted by molar-refractivity contribution is 1.32. The van der Waals surface area contributed by atoms with Gasteiger partial charge >= 0.3 is 0 Å². The van der Waals surface area contributed by atoms with E-state index in [4.69, 9.17) is 0 Å². The van der Waals surface area contributed by atoms with Crippen LogP contribution >= 0.6 is 0 Å². The molecule has 0 N–H and O–H groups in total. The van der Waals surface area contributed by atoms with Crippen LogP contribution in [0.15, 0.2) is 0 Å². The van der Waals surface area contributed by atoms with Crippen LogP contribution in [0.3, 0.4) is 0 Å². The second kappa shape index (κ2) is 4.56. The Balaban J connectivity index is 2.79. The summed E-state index contributed by atoms with van der Waals surface area (Å²) in [6.07, 6.45) is 2.64. The molecule has 0 rings (SSSR count). The van der Waals surface area contributed by atoms with E-state index in [0.717, 1.165) is 6.42 Å². The summed E-state index contributed by atoms with van der Waals surface area (Å²) in [6.45, 7) is 5.38. The van der Waals surface area contributed by atoms with Crippen molar-refractivity contribution in [1.29, 1.82) is 0 Å². The van der Waals surface area contributed by atoms with Crippen LogP contribution < -0.4 is 0 Å². The highest BCUT2D eigenvalue weighted by Crippen LogP contribution is 1.76. The quantitative estimate of drug-likeness (QED) is 0.418. The van der Waals surface area contributed by atoms with Gasteiger partial charge in [-0.15, -0.1) is 5.92 Å². The molecule has 0 aliphatic rings. The number of hydrogen-bond acceptors (Lipinski definition) is 0. The SMILES string of the molecule is [CH2]C[CH]C#CC. The maximum Gasteiger partial charge on any atom is 0.0340 e. The van der Waals surface area contributed by atoms with E-state index in [1.807, 2.05) is 13.3 Å². The molecule has 6 heavy (non-hydrogen) atoms. The van der Waals surface area contributed by atoms with E-state index in [9.17, 15) is 0 Å². The Morgan fingerprint density at radius 1 is 1.83 bits per heavy atom. The summed E-state index contributed by atoms with van der Waals surface area (Å²) >= 11 is 0. The first-order valence-corrected chi connectivity index (χ1v) is 1.95. The molecule has 0 fully saturated rings. The van der Waals surface area contributed by atoms with Gasteiger partial charge in [0.2, 0.25) is 0 Å². The molecule has 32 valence electrons. The predicted octanol–water partition coefficient (Wildman–Crippen LogP) is 1.44. The Morgan fingerprint density at radius 2 is 2.50 bits per heavy atom. The molecule has 0 aromatic rings. The van der Waals surface area contributed by atoms with Crippen LogP contribution in [0.4, 0.5) is 0 Å². The zero-order valence-electron chi connectivity index (χ0n) is 3.99. The van der Waals surface area contributed by atoms with E-state index < -0.39 is 0 Å². The third kappa shape index (κ3) is 3.56. The number of unbranched alkanes of at least 4 members (excludes halogenated alkanes) is 1. The lowest BCUT2D eigenvalue weighted by Gasteiger charge is -1.70. The van der Waals surface area contributed by atoms with Crippen LogP contribution in [0.5, 0.6) is 0 Å². The first kappa shape index (κ1) is 5.56. The standard InChI is InChI=1S/C6H8/c1-3-5-6-4-2/h5H,1,3H2,2H3. The van der Waals surface area contributed by atoms with Gasteiger partial charge in [0.1, 0.15) is 0 Å². The maximum absolute atomic E-state index is 3.57. The summed E-state index contributed by atoms with van der Waals surface area (Å²) < 4.78 is 0. The molecular weight excluding hydrogens is 72.1 g/mol. The molecule has 0 bridgehead atoms. The molecule has 2 radical (unpaired) electrons. The van der Waals surface area contributed by atoms with E-state index in [2.05, 4.69) is 18.8 Å². The minimum absolute atomic E-state index is 0.806. The zero-order valence-corrected chi connectivity index (χ0v) is 3.99. The summed E-state index contributed by atoms with van der Waals surface area (Å²) in [5.74, 6) is 5.48. The van der Waals surface area contributed by atoms with Gasteiger partial charge in [-0.1, -0.05) is 12.8 Å². The lowest BCUT2D eigenvalue weighted by atomic mass is 10.3. The Kier molecular flexibility index (Phi) is 4.23. The van der Waals surface area contributed by atoms with Gasteiger partial charge in [-0.3, -0.25) is 0 Å². The van der Waals surface area contributed by atoms with Crippen molar-refractivity contribution in [1.82, 2.24) is 0 Å². The molecule has 0 amide bonds. The zero-order chi connectivity index (χ0) is 4.83. The number of hydrogen-bond donors (Lipinski definition) is 0. The molecule has 0 aromatic heterocycles. The monoisotopic (exact) mass is 80.1 g/mol. The van der Waals surface area contributed by atoms with E-state index in [-0.39, 0.29) is 0 Å². The van der Waals surface area contributed by atoms with Crippen LogP contribution in [0.1, 0.15) is 13.3 Å². The van der Waals surface area contributed by atoms with Gasteiger partial charge in [-0.2, -0.15) is 0 Å². The van der Waals surface area contributed by atoms with Crippen LogP contribution in [0, 0.1) is 25.2 Å². The summed E-state index contributed by atoms with van der Waals surface area (Å²) in [5.41, 5.74) is 0. The lowest BCUT2D eigenvalue weighted by Crippen LogP contribution is -1.59. The Morgan fingerprint density at radius 3 is 2.67 bits per heavy atom. The normalized spacial score (nSPS) is 6.33. The molecule has 0 heterocycles. The molecule has 0 aromatic carbocycles. The van der Waals surface area contributed by atoms with E-state index >= 15 is 0 Å². The summed E-state index contributed by atoms with van der Waals surface area (Å²) in [5, 5.41) is 0. The fourth-order valence-electron chi connectivity index (χ4n) is 0.174. The molecule has 0 nitrogen and oxygen atoms in total. The van der Waals surface area contributed by atoms with Crippen molar-refractivity contribution in [2.75, 3.05) is 0 Å². The van der Waals surface area contributed by atoms with Gasteiger partial charge in [0.05, 0.1) is 0 Å². The van der Waals surface area contributed by atoms with Gasteiger partial charge in [0.15, 0.2) is 0 Å². The highest BCUT2D eigenvalue weighted by atomic mass is 13.7. The van der Waals surface area contributed by atoms with Gasteiger partial charge in [0.25, 0.3) is 0 Å². The van der Waals surface area contributed by atoms with Gasteiger partial charge in [0, 0.05) is 6.42 Å². The van der Waals surface area contributed by atoms with Crippen LogP contribution in [-0.2, 0) is 0 Å².